The minimum absolute atomic E-state index is 0.283. The third-order valence-electron chi connectivity index (χ3n) is 6.77. The van der Waals surface area contributed by atoms with Crippen molar-refractivity contribution in [3.8, 4) is 17.2 Å². The average Bonchev–Trinajstić information content (AvgIpc) is 3.49. The second-order valence-corrected chi connectivity index (χ2v) is 9.47. The fraction of sp³-hybridized carbons (Fsp3) is 0.114. The maximum Gasteiger partial charge on any atom is 0.336 e. The molecule has 0 bridgehead atoms. The predicted molar refractivity (Wildman–Crippen MR) is 163 cm³/mol. The summed E-state index contributed by atoms with van der Waals surface area (Å²) < 4.78 is 16.7. The number of rotatable bonds is 9. The van der Waals surface area contributed by atoms with Crippen LogP contribution in [-0.4, -0.2) is 36.8 Å². The van der Waals surface area contributed by atoms with E-state index in [0.29, 0.717) is 34.9 Å². The lowest BCUT2D eigenvalue weighted by Crippen LogP contribution is -2.25. The van der Waals surface area contributed by atoms with Gasteiger partial charge in [-0.2, -0.15) is 5.10 Å². The zero-order chi connectivity index (χ0) is 29.3. The summed E-state index contributed by atoms with van der Waals surface area (Å²) in [5.41, 5.74) is 3.86. The van der Waals surface area contributed by atoms with E-state index in [4.69, 9.17) is 19.3 Å². The maximum atomic E-state index is 13.5. The Balaban J connectivity index is 1.45. The topological polar surface area (TPSA) is 77.4 Å². The average molecular weight is 559 g/mol. The van der Waals surface area contributed by atoms with Gasteiger partial charge in [0.1, 0.15) is 5.75 Å². The Labute approximate surface area is 245 Å². The molecule has 210 valence electrons. The Morgan fingerprint density at radius 1 is 0.738 bits per heavy atom. The molecule has 0 N–H and O–H groups in total. The lowest BCUT2D eigenvalue weighted by Gasteiger charge is -2.21. The molecule has 1 aliphatic heterocycles. The largest absolute Gasteiger partial charge is 0.493 e. The fourth-order valence-corrected chi connectivity index (χ4v) is 4.67. The van der Waals surface area contributed by atoms with Crippen LogP contribution in [0.3, 0.4) is 0 Å². The SMILES string of the molecule is COc1ccc(C2CC(c3ccccc3OC(=O)C=Cc3ccccc3)=NN2C(=O)C=Cc2ccccc2)cc1OC. The summed E-state index contributed by atoms with van der Waals surface area (Å²) in [5, 5.41) is 6.22. The first-order chi connectivity index (χ1) is 20.6. The molecule has 5 rings (SSSR count). The molecule has 4 aromatic carbocycles. The van der Waals surface area contributed by atoms with Crippen LogP contribution in [0.1, 0.15) is 34.7 Å². The summed E-state index contributed by atoms with van der Waals surface area (Å²) in [7, 11) is 3.15. The number of hydrogen-bond acceptors (Lipinski definition) is 6. The van der Waals surface area contributed by atoms with E-state index < -0.39 is 12.0 Å². The molecule has 1 aliphatic rings. The van der Waals surface area contributed by atoms with Crippen molar-refractivity contribution in [2.75, 3.05) is 14.2 Å². The first kappa shape index (κ1) is 28.1. The lowest BCUT2D eigenvalue weighted by atomic mass is 9.97. The fourth-order valence-electron chi connectivity index (χ4n) is 4.67. The van der Waals surface area contributed by atoms with Crippen LogP contribution in [0.15, 0.2) is 120 Å². The number of esters is 1. The van der Waals surface area contributed by atoms with Crippen molar-refractivity contribution >= 4 is 29.7 Å². The van der Waals surface area contributed by atoms with Crippen molar-refractivity contribution in [3.05, 3.63) is 138 Å². The molecule has 0 radical (unpaired) electrons. The molecule has 0 spiro atoms. The molecule has 1 unspecified atom stereocenters. The third kappa shape index (κ3) is 6.64. The first-order valence-corrected chi connectivity index (χ1v) is 13.5. The number of ether oxygens (including phenoxy) is 3. The Morgan fingerprint density at radius 3 is 2.02 bits per heavy atom. The highest BCUT2D eigenvalue weighted by molar-refractivity contribution is 6.07. The van der Waals surface area contributed by atoms with Crippen molar-refractivity contribution in [2.24, 2.45) is 5.10 Å². The Kier molecular flexibility index (Phi) is 8.89. The lowest BCUT2D eigenvalue weighted by molar-refractivity contribution is -0.129. The van der Waals surface area contributed by atoms with Gasteiger partial charge in [0.05, 0.1) is 26.0 Å². The second-order valence-electron chi connectivity index (χ2n) is 9.47. The van der Waals surface area contributed by atoms with Crippen molar-refractivity contribution in [1.29, 1.82) is 0 Å². The van der Waals surface area contributed by atoms with Crippen LogP contribution < -0.4 is 14.2 Å². The van der Waals surface area contributed by atoms with Gasteiger partial charge in [-0.3, -0.25) is 4.79 Å². The molecule has 42 heavy (non-hydrogen) atoms. The van der Waals surface area contributed by atoms with Crippen molar-refractivity contribution in [2.45, 2.75) is 12.5 Å². The zero-order valence-electron chi connectivity index (χ0n) is 23.3. The highest BCUT2D eigenvalue weighted by Crippen LogP contribution is 2.38. The second kappa shape index (κ2) is 13.3. The summed E-state index contributed by atoms with van der Waals surface area (Å²) in [5.74, 6) is 0.700. The summed E-state index contributed by atoms with van der Waals surface area (Å²) in [6, 6.07) is 31.4. The van der Waals surface area contributed by atoms with E-state index in [1.807, 2.05) is 91.0 Å². The number of hydrazone groups is 1. The van der Waals surface area contributed by atoms with E-state index in [1.165, 1.54) is 17.2 Å². The number of nitrogens with zero attached hydrogens (tertiary/aromatic N) is 2. The Morgan fingerprint density at radius 2 is 1.36 bits per heavy atom. The van der Waals surface area contributed by atoms with Crippen molar-refractivity contribution < 1.29 is 23.8 Å². The van der Waals surface area contributed by atoms with Crippen LogP contribution in [-0.2, 0) is 9.59 Å². The zero-order valence-corrected chi connectivity index (χ0v) is 23.3. The summed E-state index contributed by atoms with van der Waals surface area (Å²) in [4.78, 5) is 26.2. The minimum Gasteiger partial charge on any atom is -0.493 e. The quantitative estimate of drug-likeness (QED) is 0.130. The van der Waals surface area contributed by atoms with Crippen molar-refractivity contribution in [1.82, 2.24) is 5.01 Å². The predicted octanol–water partition coefficient (Wildman–Crippen LogP) is 6.71. The van der Waals surface area contributed by atoms with Gasteiger partial charge in [0.2, 0.25) is 0 Å². The summed E-state index contributed by atoms with van der Waals surface area (Å²) in [6.07, 6.45) is 6.75. The normalized spacial score (nSPS) is 14.7. The van der Waals surface area contributed by atoms with E-state index in [-0.39, 0.29) is 5.91 Å². The summed E-state index contributed by atoms with van der Waals surface area (Å²) in [6.45, 7) is 0. The molecular formula is C35H30N2O5. The number of amides is 1. The van der Waals surface area contributed by atoms with Gasteiger partial charge in [-0.1, -0.05) is 78.9 Å². The molecule has 0 aliphatic carbocycles. The molecule has 1 amide bonds. The Bertz CT molecular complexity index is 1640. The van der Waals surface area contributed by atoms with Crippen LogP contribution in [0, 0.1) is 0 Å². The monoisotopic (exact) mass is 558 g/mol. The number of benzene rings is 4. The molecule has 0 aromatic heterocycles. The number of carbonyl (C=O) groups is 2. The van der Waals surface area contributed by atoms with Gasteiger partial charge in [0.15, 0.2) is 11.5 Å². The Hall–Kier alpha value is -5.43. The number of para-hydroxylation sites is 1. The molecule has 1 atom stereocenters. The van der Waals surface area contributed by atoms with Crippen LogP contribution in [0.2, 0.25) is 0 Å². The van der Waals surface area contributed by atoms with E-state index >= 15 is 0 Å². The molecule has 0 fully saturated rings. The van der Waals surface area contributed by atoms with Gasteiger partial charge >= 0.3 is 5.97 Å². The standard InChI is InChI=1S/C35H30N2O5/c1-40-32-20-19-27(23-33(32)41-2)30-24-29(36-37(30)34(38)21-17-25-11-5-3-6-12-25)28-15-9-10-16-31(28)42-35(39)22-18-26-13-7-4-8-14-26/h3-23,30H,24H2,1-2H3. The highest BCUT2D eigenvalue weighted by atomic mass is 16.5. The van der Waals surface area contributed by atoms with E-state index in [9.17, 15) is 9.59 Å². The van der Waals surface area contributed by atoms with Gasteiger partial charge in [-0.15, -0.1) is 0 Å². The van der Waals surface area contributed by atoms with Crippen LogP contribution >= 0.6 is 0 Å². The number of carbonyl (C=O) groups excluding carboxylic acids is 2. The van der Waals surface area contributed by atoms with Gasteiger partial charge in [-0.05, 0) is 53.1 Å². The van der Waals surface area contributed by atoms with Crippen LogP contribution in [0.4, 0.5) is 0 Å². The van der Waals surface area contributed by atoms with Gasteiger partial charge < -0.3 is 14.2 Å². The maximum absolute atomic E-state index is 13.5. The van der Waals surface area contributed by atoms with Gasteiger partial charge in [0, 0.05) is 24.1 Å². The van der Waals surface area contributed by atoms with Gasteiger partial charge in [-0.25, -0.2) is 9.80 Å². The summed E-state index contributed by atoms with van der Waals surface area (Å²) >= 11 is 0. The third-order valence-corrected chi connectivity index (χ3v) is 6.77. The molecule has 0 saturated heterocycles. The first-order valence-electron chi connectivity index (χ1n) is 13.5. The minimum atomic E-state index is -0.514. The molecule has 0 saturated carbocycles. The molecule has 7 heteroatoms. The smallest absolute Gasteiger partial charge is 0.336 e. The van der Waals surface area contributed by atoms with Gasteiger partial charge in [0.25, 0.3) is 5.91 Å². The highest BCUT2D eigenvalue weighted by Gasteiger charge is 2.34. The van der Waals surface area contributed by atoms with Crippen LogP contribution in [0.5, 0.6) is 17.2 Å². The molecular weight excluding hydrogens is 528 g/mol. The number of hydrogen-bond donors (Lipinski definition) is 0. The van der Waals surface area contributed by atoms with Crippen LogP contribution in [0.25, 0.3) is 12.2 Å². The van der Waals surface area contributed by atoms with Crippen molar-refractivity contribution in [3.63, 3.8) is 0 Å². The number of methoxy groups -OCH3 is 2. The molecule has 4 aromatic rings. The van der Waals surface area contributed by atoms with E-state index in [1.54, 1.807) is 38.5 Å². The molecule has 1 heterocycles. The van der Waals surface area contributed by atoms with E-state index in [2.05, 4.69) is 0 Å². The molecule has 7 nitrogen and oxygen atoms in total. The van der Waals surface area contributed by atoms with E-state index in [0.717, 1.165) is 16.7 Å².